The summed E-state index contributed by atoms with van der Waals surface area (Å²) in [5.41, 5.74) is 2.63. The Morgan fingerprint density at radius 1 is 0.789 bits per heavy atom. The van der Waals surface area contributed by atoms with Gasteiger partial charge < -0.3 is 9.80 Å². The second kappa shape index (κ2) is 5.25. The monoisotopic (exact) mass is 272 g/mol. The van der Waals surface area contributed by atoms with Gasteiger partial charge in [0.05, 0.1) is 8.80 Å². The van der Waals surface area contributed by atoms with Gasteiger partial charge in [0.2, 0.25) is 0 Å². The highest BCUT2D eigenvalue weighted by Gasteiger charge is 2.14. The smallest absolute Gasteiger partial charge is 0.0656 e. The standard InChI is InChI=1S/C16H24N2Si/c1-17(2)13-10-11-15(19(5)6)16-12(13)8-7-9-14(16)18(3)4/h7-11,19H,1-6H3. The van der Waals surface area contributed by atoms with E-state index in [0.29, 0.717) is 0 Å². The zero-order chi connectivity index (χ0) is 14.2. The number of benzene rings is 2. The quantitative estimate of drug-likeness (QED) is 0.793. The van der Waals surface area contributed by atoms with Crippen LogP contribution in [0.4, 0.5) is 11.4 Å². The van der Waals surface area contributed by atoms with Crippen molar-refractivity contribution in [2.75, 3.05) is 38.0 Å². The molecule has 0 bridgehead atoms. The van der Waals surface area contributed by atoms with E-state index >= 15 is 0 Å². The summed E-state index contributed by atoms with van der Waals surface area (Å²) in [7, 11) is 7.64. The molecule has 19 heavy (non-hydrogen) atoms. The highest BCUT2D eigenvalue weighted by molar-refractivity contribution is 6.73. The maximum Gasteiger partial charge on any atom is 0.0656 e. The third-order valence-corrected chi connectivity index (χ3v) is 5.34. The van der Waals surface area contributed by atoms with Crippen molar-refractivity contribution in [2.45, 2.75) is 13.1 Å². The van der Waals surface area contributed by atoms with E-state index in [4.69, 9.17) is 0 Å². The molecule has 0 aliphatic rings. The fourth-order valence-electron chi connectivity index (χ4n) is 2.64. The Kier molecular flexibility index (Phi) is 3.85. The molecule has 0 saturated carbocycles. The molecule has 0 fully saturated rings. The van der Waals surface area contributed by atoms with Crippen LogP contribution >= 0.6 is 0 Å². The molecule has 0 aliphatic heterocycles. The lowest BCUT2D eigenvalue weighted by Gasteiger charge is -2.23. The van der Waals surface area contributed by atoms with Gasteiger partial charge in [0, 0.05) is 50.3 Å². The first-order valence-corrected chi connectivity index (χ1v) is 9.72. The number of fused-ring (bicyclic) bond motifs is 1. The summed E-state index contributed by atoms with van der Waals surface area (Å²) in [5, 5.41) is 4.38. The maximum atomic E-state index is 2.40. The molecule has 3 heteroatoms. The van der Waals surface area contributed by atoms with Crippen molar-refractivity contribution in [2.24, 2.45) is 0 Å². The van der Waals surface area contributed by atoms with Gasteiger partial charge in [0.15, 0.2) is 0 Å². The SMILES string of the molecule is CN(C)c1ccc([SiH](C)C)c2c(N(C)C)cccc12. The summed E-state index contributed by atoms with van der Waals surface area (Å²) >= 11 is 0. The number of hydrogen-bond donors (Lipinski definition) is 0. The Labute approximate surface area is 118 Å². The molecule has 2 rings (SSSR count). The largest absolute Gasteiger partial charge is 0.377 e. The van der Waals surface area contributed by atoms with Gasteiger partial charge in [-0.2, -0.15) is 0 Å². The Morgan fingerprint density at radius 3 is 1.95 bits per heavy atom. The van der Waals surface area contributed by atoms with E-state index in [0.717, 1.165) is 0 Å². The van der Waals surface area contributed by atoms with Crippen LogP contribution in [0.1, 0.15) is 0 Å². The van der Waals surface area contributed by atoms with E-state index < -0.39 is 8.80 Å². The number of anilines is 2. The van der Waals surface area contributed by atoms with E-state index in [1.165, 1.54) is 22.1 Å². The summed E-state index contributed by atoms with van der Waals surface area (Å²) in [6.45, 7) is 4.80. The minimum absolute atomic E-state index is 0.846. The van der Waals surface area contributed by atoms with Crippen LogP contribution in [-0.4, -0.2) is 37.0 Å². The Balaban J connectivity index is 2.89. The molecule has 2 nitrogen and oxygen atoms in total. The van der Waals surface area contributed by atoms with E-state index in [1.54, 1.807) is 5.19 Å². The lowest BCUT2D eigenvalue weighted by atomic mass is 10.1. The second-order valence-electron chi connectivity index (χ2n) is 5.82. The molecule has 0 aliphatic carbocycles. The van der Waals surface area contributed by atoms with E-state index in [-0.39, 0.29) is 0 Å². The minimum atomic E-state index is -0.846. The topological polar surface area (TPSA) is 6.48 Å². The van der Waals surface area contributed by atoms with Crippen LogP contribution < -0.4 is 15.0 Å². The lowest BCUT2D eigenvalue weighted by Crippen LogP contribution is -2.26. The average molecular weight is 272 g/mol. The zero-order valence-electron chi connectivity index (χ0n) is 12.9. The first kappa shape index (κ1) is 13.9. The Morgan fingerprint density at radius 2 is 1.42 bits per heavy atom. The van der Waals surface area contributed by atoms with Gasteiger partial charge in [-0.05, 0) is 12.1 Å². The molecule has 102 valence electrons. The molecule has 0 amide bonds. The number of hydrogen-bond acceptors (Lipinski definition) is 2. The molecule has 2 aromatic carbocycles. The molecule has 0 spiro atoms. The summed E-state index contributed by atoms with van der Waals surface area (Å²) in [6, 6.07) is 11.2. The summed E-state index contributed by atoms with van der Waals surface area (Å²) in [4.78, 5) is 4.43. The number of rotatable bonds is 3. The second-order valence-corrected chi connectivity index (χ2v) is 8.75. The molecule has 0 heterocycles. The molecular weight excluding hydrogens is 248 g/mol. The van der Waals surface area contributed by atoms with Crippen LogP contribution in [0.25, 0.3) is 10.8 Å². The van der Waals surface area contributed by atoms with Crippen LogP contribution in [0.15, 0.2) is 30.3 Å². The summed E-state index contributed by atoms with van der Waals surface area (Å²) in [6.07, 6.45) is 0. The van der Waals surface area contributed by atoms with Gasteiger partial charge in [-0.1, -0.05) is 36.5 Å². The number of nitrogens with zero attached hydrogens (tertiary/aromatic N) is 2. The van der Waals surface area contributed by atoms with Crippen LogP contribution in [0.3, 0.4) is 0 Å². The predicted molar refractivity (Wildman–Crippen MR) is 91.1 cm³/mol. The van der Waals surface area contributed by atoms with Crippen molar-refractivity contribution in [3.05, 3.63) is 30.3 Å². The van der Waals surface area contributed by atoms with Gasteiger partial charge in [0.1, 0.15) is 0 Å². The molecular formula is C16H24N2Si. The Bertz CT molecular complexity index is 574. The molecule has 0 unspecified atom stereocenters. The third-order valence-electron chi connectivity index (χ3n) is 3.61. The molecule has 0 saturated heterocycles. The van der Waals surface area contributed by atoms with Crippen LogP contribution in [0.2, 0.25) is 13.1 Å². The van der Waals surface area contributed by atoms with E-state index in [2.05, 4.69) is 81.4 Å². The van der Waals surface area contributed by atoms with Crippen LogP contribution in [0.5, 0.6) is 0 Å². The summed E-state index contributed by atoms with van der Waals surface area (Å²) < 4.78 is 0. The normalized spacial score (nSPS) is 11.1. The van der Waals surface area contributed by atoms with E-state index in [9.17, 15) is 0 Å². The van der Waals surface area contributed by atoms with Crippen molar-refractivity contribution in [1.82, 2.24) is 0 Å². The van der Waals surface area contributed by atoms with E-state index in [1.807, 2.05) is 0 Å². The van der Waals surface area contributed by atoms with Crippen LogP contribution in [0, 0.1) is 0 Å². The van der Waals surface area contributed by atoms with Gasteiger partial charge in [-0.25, -0.2) is 0 Å². The Hall–Kier alpha value is -1.48. The fourth-order valence-corrected chi connectivity index (χ4v) is 4.00. The molecule has 0 radical (unpaired) electrons. The van der Waals surface area contributed by atoms with Crippen molar-refractivity contribution in [1.29, 1.82) is 0 Å². The molecule has 0 aromatic heterocycles. The van der Waals surface area contributed by atoms with Crippen molar-refractivity contribution < 1.29 is 0 Å². The predicted octanol–water partition coefficient (Wildman–Crippen LogP) is 2.67. The lowest BCUT2D eigenvalue weighted by molar-refractivity contribution is 1.13. The first-order valence-electron chi connectivity index (χ1n) is 6.83. The zero-order valence-corrected chi connectivity index (χ0v) is 14.0. The first-order chi connectivity index (χ1) is 8.93. The fraction of sp³-hybridized carbons (Fsp3) is 0.375. The van der Waals surface area contributed by atoms with Crippen molar-refractivity contribution in [3.8, 4) is 0 Å². The highest BCUT2D eigenvalue weighted by atomic mass is 28.3. The minimum Gasteiger partial charge on any atom is -0.377 e. The van der Waals surface area contributed by atoms with Crippen molar-refractivity contribution in [3.63, 3.8) is 0 Å². The van der Waals surface area contributed by atoms with Gasteiger partial charge in [-0.3, -0.25) is 0 Å². The maximum absolute atomic E-state index is 2.40. The van der Waals surface area contributed by atoms with Crippen molar-refractivity contribution >= 4 is 36.1 Å². The third kappa shape index (κ3) is 2.47. The summed E-state index contributed by atoms with van der Waals surface area (Å²) in [5.74, 6) is 0. The average Bonchev–Trinajstić information content (AvgIpc) is 2.35. The van der Waals surface area contributed by atoms with Crippen LogP contribution in [-0.2, 0) is 0 Å². The molecule has 2 aromatic rings. The molecule has 0 atom stereocenters. The highest BCUT2D eigenvalue weighted by Crippen LogP contribution is 2.31. The van der Waals surface area contributed by atoms with Gasteiger partial charge >= 0.3 is 0 Å². The van der Waals surface area contributed by atoms with Gasteiger partial charge in [0.25, 0.3) is 0 Å². The van der Waals surface area contributed by atoms with Gasteiger partial charge in [-0.15, -0.1) is 0 Å². The molecule has 0 N–H and O–H groups in total.